The number of anilines is 1. The molecule has 0 aliphatic heterocycles. The van der Waals surface area contributed by atoms with E-state index in [-0.39, 0.29) is 17.4 Å². The third-order valence-corrected chi connectivity index (χ3v) is 3.01. The quantitative estimate of drug-likeness (QED) is 0.861. The summed E-state index contributed by atoms with van der Waals surface area (Å²) in [5, 5.41) is 2.66. The summed E-state index contributed by atoms with van der Waals surface area (Å²) >= 11 is 0. The number of amides is 1. The van der Waals surface area contributed by atoms with Crippen LogP contribution in [0.25, 0.3) is 0 Å². The summed E-state index contributed by atoms with van der Waals surface area (Å²) in [7, 11) is 0. The van der Waals surface area contributed by atoms with Crippen molar-refractivity contribution in [3.05, 3.63) is 59.9 Å². The number of carbonyl (C=O) groups is 2. The van der Waals surface area contributed by atoms with E-state index < -0.39 is 11.9 Å². The van der Waals surface area contributed by atoms with Crippen molar-refractivity contribution in [2.75, 3.05) is 5.32 Å². The number of rotatable bonds is 5. The molecular weight excluding hydrogens is 285 g/mol. The van der Waals surface area contributed by atoms with Gasteiger partial charge in [-0.05, 0) is 38.1 Å². The smallest absolute Gasteiger partial charge is 0.265 e. The van der Waals surface area contributed by atoms with E-state index in [4.69, 9.17) is 4.74 Å². The molecule has 1 N–H and O–H groups in total. The first kappa shape index (κ1) is 15.7. The Bertz CT molecular complexity index is 700. The van der Waals surface area contributed by atoms with Crippen LogP contribution in [-0.2, 0) is 4.79 Å². The van der Waals surface area contributed by atoms with Crippen LogP contribution in [0.5, 0.6) is 5.75 Å². The minimum Gasteiger partial charge on any atom is -0.481 e. The average Bonchev–Trinajstić information content (AvgIpc) is 2.47. The number of ketones is 1. The summed E-state index contributed by atoms with van der Waals surface area (Å²) in [4.78, 5) is 23.4. The lowest BCUT2D eigenvalue weighted by molar-refractivity contribution is -0.122. The molecule has 0 heterocycles. The van der Waals surface area contributed by atoms with Crippen LogP contribution in [0.2, 0.25) is 0 Å². The summed E-state index contributed by atoms with van der Waals surface area (Å²) in [6.07, 6.45) is -0.803. The van der Waals surface area contributed by atoms with E-state index in [1.807, 2.05) is 0 Å². The van der Waals surface area contributed by atoms with Crippen molar-refractivity contribution in [2.24, 2.45) is 0 Å². The highest BCUT2D eigenvalue weighted by Crippen LogP contribution is 2.16. The molecule has 114 valence electrons. The van der Waals surface area contributed by atoms with Gasteiger partial charge in [-0.1, -0.05) is 18.2 Å². The molecule has 5 heteroatoms. The third kappa shape index (κ3) is 4.15. The predicted octanol–water partition coefficient (Wildman–Crippen LogP) is 3.43. The van der Waals surface area contributed by atoms with Crippen molar-refractivity contribution < 1.29 is 18.7 Å². The van der Waals surface area contributed by atoms with Crippen molar-refractivity contribution >= 4 is 17.4 Å². The molecule has 0 radical (unpaired) electrons. The summed E-state index contributed by atoms with van der Waals surface area (Å²) < 4.78 is 18.5. The zero-order valence-electron chi connectivity index (χ0n) is 12.3. The lowest BCUT2D eigenvalue weighted by atomic mass is 10.1. The molecule has 1 amide bonds. The second kappa shape index (κ2) is 6.85. The fourth-order valence-electron chi connectivity index (χ4n) is 1.86. The molecule has 0 aliphatic rings. The van der Waals surface area contributed by atoms with Crippen molar-refractivity contribution in [1.82, 2.24) is 0 Å². The monoisotopic (exact) mass is 301 g/mol. The molecule has 0 saturated heterocycles. The van der Waals surface area contributed by atoms with Crippen LogP contribution in [0.15, 0.2) is 48.5 Å². The molecule has 0 aromatic heterocycles. The molecule has 0 unspecified atom stereocenters. The van der Waals surface area contributed by atoms with Gasteiger partial charge in [0.15, 0.2) is 11.9 Å². The average molecular weight is 301 g/mol. The summed E-state index contributed by atoms with van der Waals surface area (Å²) in [5.41, 5.74) is 1.02. The number of hydrogen-bond acceptors (Lipinski definition) is 3. The molecule has 1 atom stereocenters. The molecule has 0 bridgehead atoms. The molecule has 0 fully saturated rings. The third-order valence-electron chi connectivity index (χ3n) is 3.01. The van der Waals surface area contributed by atoms with Gasteiger partial charge in [0.1, 0.15) is 11.6 Å². The molecule has 2 rings (SSSR count). The van der Waals surface area contributed by atoms with Gasteiger partial charge in [0, 0.05) is 17.3 Å². The van der Waals surface area contributed by atoms with Gasteiger partial charge in [0.05, 0.1) is 0 Å². The molecule has 4 nitrogen and oxygen atoms in total. The fourth-order valence-corrected chi connectivity index (χ4v) is 1.86. The van der Waals surface area contributed by atoms with Gasteiger partial charge in [-0.25, -0.2) is 4.39 Å². The SMILES string of the molecule is CC(=O)c1cccc(NC(=O)[C@H](C)Oc2cccc(F)c2)c1. The largest absolute Gasteiger partial charge is 0.481 e. The summed E-state index contributed by atoms with van der Waals surface area (Å²) in [5.74, 6) is -0.621. The number of carbonyl (C=O) groups excluding carboxylic acids is 2. The summed E-state index contributed by atoms with van der Waals surface area (Å²) in [6, 6.07) is 12.2. The molecule has 22 heavy (non-hydrogen) atoms. The number of benzene rings is 2. The maximum Gasteiger partial charge on any atom is 0.265 e. The molecule has 0 aliphatic carbocycles. The Balaban J connectivity index is 2.02. The first-order chi connectivity index (χ1) is 10.5. The standard InChI is InChI=1S/C17H16FNO3/c1-11(20)13-5-3-7-15(9-13)19-17(21)12(2)22-16-8-4-6-14(18)10-16/h3-10,12H,1-2H3,(H,19,21)/t12-/m0/s1. The van der Waals surface area contributed by atoms with E-state index in [1.54, 1.807) is 37.3 Å². The first-order valence-corrected chi connectivity index (χ1v) is 6.80. The van der Waals surface area contributed by atoms with Crippen LogP contribution in [0.4, 0.5) is 10.1 Å². The molecule has 0 saturated carbocycles. The maximum absolute atomic E-state index is 13.1. The first-order valence-electron chi connectivity index (χ1n) is 6.80. The Hall–Kier alpha value is -2.69. The fraction of sp³-hybridized carbons (Fsp3) is 0.176. The van der Waals surface area contributed by atoms with Crippen LogP contribution < -0.4 is 10.1 Å². The number of ether oxygens (including phenoxy) is 1. The Morgan fingerprint density at radius 3 is 2.55 bits per heavy atom. The maximum atomic E-state index is 13.1. The van der Waals surface area contributed by atoms with Gasteiger partial charge in [0.2, 0.25) is 0 Å². The van der Waals surface area contributed by atoms with Gasteiger partial charge >= 0.3 is 0 Å². The lowest BCUT2D eigenvalue weighted by Crippen LogP contribution is -2.30. The summed E-state index contributed by atoms with van der Waals surface area (Å²) in [6.45, 7) is 3.02. The van der Waals surface area contributed by atoms with Gasteiger partial charge in [-0.15, -0.1) is 0 Å². The normalized spacial score (nSPS) is 11.6. The van der Waals surface area contributed by atoms with Gasteiger partial charge in [0.25, 0.3) is 5.91 Å². The van der Waals surface area contributed by atoms with E-state index in [0.717, 1.165) is 0 Å². The Kier molecular flexibility index (Phi) is 4.88. The van der Waals surface area contributed by atoms with E-state index in [9.17, 15) is 14.0 Å². The minimum atomic E-state index is -0.803. The second-order valence-electron chi connectivity index (χ2n) is 4.84. The van der Waals surface area contributed by atoms with Crippen molar-refractivity contribution in [3.63, 3.8) is 0 Å². The highest BCUT2D eigenvalue weighted by Gasteiger charge is 2.15. The van der Waals surface area contributed by atoms with Gasteiger partial charge < -0.3 is 10.1 Å². The Morgan fingerprint density at radius 2 is 1.86 bits per heavy atom. The molecule has 0 spiro atoms. The lowest BCUT2D eigenvalue weighted by Gasteiger charge is -2.15. The molecule has 2 aromatic rings. The number of hydrogen-bond donors (Lipinski definition) is 1. The van der Waals surface area contributed by atoms with Crippen LogP contribution in [0.3, 0.4) is 0 Å². The highest BCUT2D eigenvalue weighted by atomic mass is 19.1. The molecule has 2 aromatic carbocycles. The van der Waals surface area contributed by atoms with Gasteiger partial charge in [-0.3, -0.25) is 9.59 Å². The number of Topliss-reactive ketones (excluding diaryl/α,β-unsaturated/α-hetero) is 1. The minimum absolute atomic E-state index is 0.0832. The number of nitrogens with one attached hydrogen (secondary N) is 1. The van der Waals surface area contributed by atoms with Crippen LogP contribution in [0, 0.1) is 5.82 Å². The van der Waals surface area contributed by atoms with E-state index in [2.05, 4.69) is 5.32 Å². The van der Waals surface area contributed by atoms with Crippen molar-refractivity contribution in [2.45, 2.75) is 20.0 Å². The zero-order valence-corrected chi connectivity index (χ0v) is 12.3. The highest BCUT2D eigenvalue weighted by molar-refractivity contribution is 5.98. The van der Waals surface area contributed by atoms with Crippen molar-refractivity contribution in [3.8, 4) is 5.75 Å². The topological polar surface area (TPSA) is 55.4 Å². The van der Waals surface area contributed by atoms with E-state index >= 15 is 0 Å². The Labute approximate surface area is 127 Å². The predicted molar refractivity (Wildman–Crippen MR) is 81.6 cm³/mol. The van der Waals surface area contributed by atoms with E-state index in [1.165, 1.54) is 25.1 Å². The Morgan fingerprint density at radius 1 is 1.14 bits per heavy atom. The zero-order chi connectivity index (χ0) is 16.1. The van der Waals surface area contributed by atoms with Crippen molar-refractivity contribution in [1.29, 1.82) is 0 Å². The molecular formula is C17H16FNO3. The second-order valence-corrected chi connectivity index (χ2v) is 4.84. The van der Waals surface area contributed by atoms with E-state index in [0.29, 0.717) is 11.3 Å². The van der Waals surface area contributed by atoms with Crippen LogP contribution in [-0.4, -0.2) is 17.8 Å². The van der Waals surface area contributed by atoms with Crippen LogP contribution in [0.1, 0.15) is 24.2 Å². The number of halogens is 1. The van der Waals surface area contributed by atoms with Gasteiger partial charge in [-0.2, -0.15) is 0 Å². The van der Waals surface area contributed by atoms with Crippen LogP contribution >= 0.6 is 0 Å².